The highest BCUT2D eigenvalue weighted by atomic mass is 79.9. The number of halogens is 3. The molecule has 6 nitrogen and oxygen atoms in total. The molecule has 0 fully saturated rings. The largest absolute Gasteiger partial charge is 0.444 e. The number of hydrogen-bond donors (Lipinski definition) is 1. The van der Waals surface area contributed by atoms with Gasteiger partial charge in [-0.2, -0.15) is 8.78 Å². The summed E-state index contributed by atoms with van der Waals surface area (Å²) in [5.74, 6) is -0.638. The molecule has 0 saturated heterocycles. The van der Waals surface area contributed by atoms with Gasteiger partial charge in [0.15, 0.2) is 10.4 Å². The standard InChI is InChI=1S/C22H19BrF2N2O4/c1-13(14-7-9-15(10-8-14)30-22(24)25)26-20(28)16-5-3-4-6-17(16)27(2)21(29)18-11-12-19(23)31-18/h3-13,22H,1-2H3,(H,26,28). The van der Waals surface area contributed by atoms with Crippen LogP contribution in [0.15, 0.2) is 69.8 Å². The molecule has 1 atom stereocenters. The Bertz CT molecular complexity index is 1070. The van der Waals surface area contributed by atoms with Crippen LogP contribution in [0.25, 0.3) is 0 Å². The summed E-state index contributed by atoms with van der Waals surface area (Å²) in [5, 5.41) is 2.85. The first kappa shape index (κ1) is 22.5. The topological polar surface area (TPSA) is 71.8 Å². The summed E-state index contributed by atoms with van der Waals surface area (Å²) in [5.41, 5.74) is 1.41. The van der Waals surface area contributed by atoms with Gasteiger partial charge in [-0.3, -0.25) is 9.59 Å². The van der Waals surface area contributed by atoms with E-state index in [9.17, 15) is 18.4 Å². The molecule has 162 valence electrons. The lowest BCUT2D eigenvalue weighted by molar-refractivity contribution is -0.0498. The predicted molar refractivity (Wildman–Crippen MR) is 115 cm³/mol. The van der Waals surface area contributed by atoms with Crippen molar-refractivity contribution in [2.45, 2.75) is 19.6 Å². The molecule has 1 aromatic heterocycles. The highest BCUT2D eigenvalue weighted by molar-refractivity contribution is 9.10. The van der Waals surface area contributed by atoms with E-state index >= 15 is 0 Å². The molecule has 2 amide bonds. The van der Waals surface area contributed by atoms with Crippen LogP contribution in [0.5, 0.6) is 5.75 Å². The number of hydrogen-bond acceptors (Lipinski definition) is 4. The van der Waals surface area contributed by atoms with E-state index in [1.165, 1.54) is 23.1 Å². The van der Waals surface area contributed by atoms with Crippen LogP contribution in [-0.4, -0.2) is 25.5 Å². The maximum Gasteiger partial charge on any atom is 0.387 e. The zero-order valence-corrected chi connectivity index (χ0v) is 18.2. The molecule has 0 spiro atoms. The van der Waals surface area contributed by atoms with Gasteiger partial charge in [-0.15, -0.1) is 0 Å². The van der Waals surface area contributed by atoms with Gasteiger partial charge in [0.1, 0.15) is 5.75 Å². The Morgan fingerprint density at radius 3 is 2.35 bits per heavy atom. The SMILES string of the molecule is CC(NC(=O)c1ccccc1N(C)C(=O)c1ccc(Br)o1)c1ccc(OC(F)F)cc1. The van der Waals surface area contributed by atoms with E-state index in [4.69, 9.17) is 4.42 Å². The van der Waals surface area contributed by atoms with Crippen molar-refractivity contribution in [1.82, 2.24) is 5.32 Å². The minimum Gasteiger partial charge on any atom is -0.444 e. The van der Waals surface area contributed by atoms with Crippen molar-refractivity contribution in [3.05, 3.63) is 82.2 Å². The molecule has 0 aliphatic heterocycles. The molecule has 0 saturated carbocycles. The number of alkyl halides is 2. The molecule has 1 heterocycles. The van der Waals surface area contributed by atoms with Gasteiger partial charge in [-0.1, -0.05) is 24.3 Å². The maximum atomic E-state index is 12.9. The number of rotatable bonds is 7. The van der Waals surface area contributed by atoms with Gasteiger partial charge in [0.05, 0.1) is 17.3 Å². The molecule has 0 aliphatic carbocycles. The fourth-order valence-electron chi connectivity index (χ4n) is 2.96. The minimum absolute atomic E-state index is 0.0346. The highest BCUT2D eigenvalue weighted by Gasteiger charge is 2.22. The minimum atomic E-state index is -2.90. The van der Waals surface area contributed by atoms with E-state index in [0.29, 0.717) is 21.5 Å². The summed E-state index contributed by atoms with van der Waals surface area (Å²) in [6.07, 6.45) is 0. The van der Waals surface area contributed by atoms with Crippen LogP contribution in [-0.2, 0) is 0 Å². The lowest BCUT2D eigenvalue weighted by Crippen LogP contribution is -2.31. The van der Waals surface area contributed by atoms with Crippen LogP contribution < -0.4 is 15.0 Å². The maximum absolute atomic E-state index is 12.9. The molecule has 3 aromatic rings. The van der Waals surface area contributed by atoms with Crippen molar-refractivity contribution in [1.29, 1.82) is 0 Å². The third-order valence-corrected chi connectivity index (χ3v) is 4.98. The van der Waals surface area contributed by atoms with Crippen LogP contribution in [0.3, 0.4) is 0 Å². The fourth-order valence-corrected chi connectivity index (χ4v) is 3.26. The van der Waals surface area contributed by atoms with E-state index in [0.717, 1.165) is 0 Å². The molecule has 1 N–H and O–H groups in total. The molecular formula is C22H19BrF2N2O4. The molecular weight excluding hydrogens is 474 g/mol. The van der Waals surface area contributed by atoms with Crippen LogP contribution >= 0.6 is 15.9 Å². The number of carbonyl (C=O) groups excluding carboxylic acids is 2. The van der Waals surface area contributed by atoms with Crippen LogP contribution in [0.1, 0.15) is 39.4 Å². The Morgan fingerprint density at radius 1 is 1.06 bits per heavy atom. The Morgan fingerprint density at radius 2 is 1.74 bits per heavy atom. The summed E-state index contributed by atoms with van der Waals surface area (Å²) in [6.45, 7) is -1.14. The average Bonchev–Trinajstić information content (AvgIpc) is 3.19. The first-order valence-corrected chi connectivity index (χ1v) is 10.0. The number of anilines is 1. The van der Waals surface area contributed by atoms with Crippen LogP contribution in [0.2, 0.25) is 0 Å². The zero-order chi connectivity index (χ0) is 22.5. The summed E-state index contributed by atoms with van der Waals surface area (Å²) >= 11 is 3.16. The number of nitrogens with one attached hydrogen (secondary N) is 1. The Kier molecular flexibility index (Phi) is 7.06. The number of benzene rings is 2. The molecule has 9 heteroatoms. The monoisotopic (exact) mass is 492 g/mol. The number of nitrogens with zero attached hydrogens (tertiary/aromatic N) is 1. The van der Waals surface area contributed by atoms with Crippen molar-refractivity contribution >= 4 is 33.4 Å². The van der Waals surface area contributed by atoms with E-state index in [1.807, 2.05) is 0 Å². The predicted octanol–water partition coefficient (Wildman–Crippen LogP) is 5.41. The van der Waals surface area contributed by atoms with E-state index in [2.05, 4.69) is 26.0 Å². The lowest BCUT2D eigenvalue weighted by Gasteiger charge is -2.21. The second kappa shape index (κ2) is 9.74. The Hall–Kier alpha value is -3.20. The van der Waals surface area contributed by atoms with Gasteiger partial charge >= 0.3 is 6.61 Å². The number of carbonyl (C=O) groups is 2. The van der Waals surface area contributed by atoms with Crippen molar-refractivity contribution < 1.29 is 27.5 Å². The normalized spacial score (nSPS) is 11.8. The number of amides is 2. The van der Waals surface area contributed by atoms with Crippen LogP contribution in [0, 0.1) is 0 Å². The van der Waals surface area contributed by atoms with Crippen LogP contribution in [0.4, 0.5) is 14.5 Å². The van der Waals surface area contributed by atoms with Gasteiger partial charge < -0.3 is 19.4 Å². The van der Waals surface area contributed by atoms with Gasteiger partial charge in [-0.25, -0.2) is 0 Å². The van der Waals surface area contributed by atoms with Crippen molar-refractivity contribution in [3.8, 4) is 5.75 Å². The van der Waals surface area contributed by atoms with Crippen molar-refractivity contribution in [3.63, 3.8) is 0 Å². The van der Waals surface area contributed by atoms with Crippen molar-refractivity contribution in [2.24, 2.45) is 0 Å². The Balaban J connectivity index is 1.75. The molecule has 3 rings (SSSR count). The molecule has 2 aromatic carbocycles. The zero-order valence-electron chi connectivity index (χ0n) is 16.6. The number of para-hydroxylation sites is 1. The molecule has 0 aliphatic rings. The summed E-state index contributed by atoms with van der Waals surface area (Å²) in [7, 11) is 1.55. The first-order valence-electron chi connectivity index (χ1n) is 9.24. The van der Waals surface area contributed by atoms with E-state index in [1.54, 1.807) is 56.4 Å². The first-order chi connectivity index (χ1) is 14.8. The second-order valence-corrected chi connectivity index (χ2v) is 7.41. The van der Waals surface area contributed by atoms with Gasteiger partial charge in [-0.05, 0) is 64.8 Å². The highest BCUT2D eigenvalue weighted by Crippen LogP contribution is 2.24. The quantitative estimate of drug-likeness (QED) is 0.478. The lowest BCUT2D eigenvalue weighted by atomic mass is 10.1. The number of ether oxygens (including phenoxy) is 1. The molecule has 31 heavy (non-hydrogen) atoms. The van der Waals surface area contributed by atoms with Gasteiger partial charge in [0.2, 0.25) is 0 Å². The molecule has 0 bridgehead atoms. The van der Waals surface area contributed by atoms with Crippen molar-refractivity contribution in [2.75, 3.05) is 11.9 Å². The third-order valence-electron chi connectivity index (χ3n) is 4.55. The third kappa shape index (κ3) is 5.49. The summed E-state index contributed by atoms with van der Waals surface area (Å²) in [4.78, 5) is 27.0. The van der Waals surface area contributed by atoms with E-state index in [-0.39, 0.29) is 11.5 Å². The molecule has 1 unspecified atom stereocenters. The smallest absolute Gasteiger partial charge is 0.387 e. The van der Waals surface area contributed by atoms with Gasteiger partial charge in [0.25, 0.3) is 11.8 Å². The average molecular weight is 493 g/mol. The fraction of sp³-hybridized carbons (Fsp3) is 0.182. The number of furan rings is 1. The Labute approximate surface area is 185 Å². The second-order valence-electron chi connectivity index (χ2n) is 6.63. The van der Waals surface area contributed by atoms with E-state index < -0.39 is 24.5 Å². The summed E-state index contributed by atoms with van der Waals surface area (Å²) in [6, 6.07) is 15.4. The van der Waals surface area contributed by atoms with Gasteiger partial charge in [0, 0.05) is 7.05 Å². The summed E-state index contributed by atoms with van der Waals surface area (Å²) < 4.78 is 34.7. The molecule has 0 radical (unpaired) electrons.